The molecule has 4 heteroatoms. The Morgan fingerprint density at radius 2 is 2.00 bits per heavy atom. The van der Waals surface area contributed by atoms with E-state index in [1.807, 2.05) is 12.1 Å². The Kier molecular flexibility index (Phi) is 3.68. The van der Waals surface area contributed by atoms with Crippen molar-refractivity contribution in [3.63, 3.8) is 0 Å². The van der Waals surface area contributed by atoms with Crippen LogP contribution in [0.1, 0.15) is 27.0 Å². The van der Waals surface area contributed by atoms with Gasteiger partial charge in [0.15, 0.2) is 5.78 Å². The molecule has 1 aliphatic heterocycles. The molecule has 1 N–H and O–H groups in total. The zero-order chi connectivity index (χ0) is 14.1. The summed E-state index contributed by atoms with van der Waals surface area (Å²) in [5.74, 6) is -0.772. The van der Waals surface area contributed by atoms with E-state index in [0.717, 1.165) is 25.1 Å². The number of ketones is 1. The van der Waals surface area contributed by atoms with Gasteiger partial charge in [0.1, 0.15) is 5.82 Å². The first-order valence-corrected chi connectivity index (χ1v) is 7.27. The maximum Gasteiger partial charge on any atom is 0.196 e. The molecule has 0 bridgehead atoms. The second-order valence-corrected chi connectivity index (χ2v) is 5.78. The Morgan fingerprint density at radius 3 is 2.85 bits per heavy atom. The second kappa shape index (κ2) is 5.46. The van der Waals surface area contributed by atoms with Crippen LogP contribution in [0.15, 0.2) is 40.9 Å². The van der Waals surface area contributed by atoms with Gasteiger partial charge in [-0.25, -0.2) is 4.39 Å². The van der Waals surface area contributed by atoms with Gasteiger partial charge in [0.05, 0.1) is 5.56 Å². The van der Waals surface area contributed by atoms with E-state index in [-0.39, 0.29) is 11.3 Å². The second-order valence-electron chi connectivity index (χ2n) is 4.86. The number of nitrogens with one attached hydrogen (secondary N) is 1. The molecule has 0 radical (unpaired) electrons. The molecule has 0 fully saturated rings. The van der Waals surface area contributed by atoms with Gasteiger partial charge < -0.3 is 5.32 Å². The molecule has 0 saturated carbocycles. The quantitative estimate of drug-likeness (QED) is 0.852. The predicted octanol–water partition coefficient (Wildman–Crippen LogP) is 3.46. The van der Waals surface area contributed by atoms with E-state index in [1.165, 1.54) is 17.7 Å². The van der Waals surface area contributed by atoms with Gasteiger partial charge in [0.2, 0.25) is 0 Å². The molecule has 0 amide bonds. The zero-order valence-electron chi connectivity index (χ0n) is 10.7. The SMILES string of the molecule is O=C(c1ccc2c(c1)CNCC2)c1cc(Br)ccc1F. The van der Waals surface area contributed by atoms with Crippen LogP contribution < -0.4 is 5.32 Å². The third kappa shape index (κ3) is 2.53. The van der Waals surface area contributed by atoms with Crippen molar-refractivity contribution in [1.29, 1.82) is 0 Å². The summed E-state index contributed by atoms with van der Waals surface area (Å²) in [6.07, 6.45) is 0.967. The molecular weight excluding hydrogens is 321 g/mol. The molecule has 0 unspecified atom stereocenters. The number of hydrogen-bond acceptors (Lipinski definition) is 2. The van der Waals surface area contributed by atoms with Crippen molar-refractivity contribution in [2.45, 2.75) is 13.0 Å². The normalized spacial score (nSPS) is 13.9. The number of carbonyl (C=O) groups excluding carboxylic acids is 1. The van der Waals surface area contributed by atoms with Crippen molar-refractivity contribution in [3.8, 4) is 0 Å². The van der Waals surface area contributed by atoms with E-state index in [9.17, 15) is 9.18 Å². The van der Waals surface area contributed by atoms with Crippen LogP contribution in [0.2, 0.25) is 0 Å². The summed E-state index contributed by atoms with van der Waals surface area (Å²) in [5, 5.41) is 3.27. The minimum Gasteiger partial charge on any atom is -0.312 e. The molecule has 0 aliphatic carbocycles. The van der Waals surface area contributed by atoms with Crippen LogP contribution in [0.5, 0.6) is 0 Å². The van der Waals surface area contributed by atoms with Gasteiger partial charge >= 0.3 is 0 Å². The molecular formula is C16H13BrFNO. The van der Waals surface area contributed by atoms with Crippen LogP contribution in [-0.2, 0) is 13.0 Å². The first-order chi connectivity index (χ1) is 9.65. The summed E-state index contributed by atoms with van der Waals surface area (Å²) in [5.41, 5.74) is 3.01. The predicted molar refractivity (Wildman–Crippen MR) is 79.4 cm³/mol. The minimum absolute atomic E-state index is 0.100. The lowest BCUT2D eigenvalue weighted by Crippen LogP contribution is -2.23. The Balaban J connectivity index is 2.00. The molecule has 2 nitrogen and oxygen atoms in total. The van der Waals surface area contributed by atoms with Crippen molar-refractivity contribution >= 4 is 21.7 Å². The maximum absolute atomic E-state index is 13.8. The number of fused-ring (bicyclic) bond motifs is 1. The average Bonchev–Trinajstić information content (AvgIpc) is 2.48. The molecule has 102 valence electrons. The van der Waals surface area contributed by atoms with Crippen molar-refractivity contribution < 1.29 is 9.18 Å². The van der Waals surface area contributed by atoms with Crippen LogP contribution >= 0.6 is 15.9 Å². The van der Waals surface area contributed by atoms with Crippen molar-refractivity contribution in [2.75, 3.05) is 6.54 Å². The molecule has 3 rings (SSSR count). The molecule has 1 aliphatic rings. The lowest BCUT2D eigenvalue weighted by Gasteiger charge is -2.17. The van der Waals surface area contributed by atoms with Crippen LogP contribution in [0.4, 0.5) is 4.39 Å². The van der Waals surface area contributed by atoms with Crippen LogP contribution in [-0.4, -0.2) is 12.3 Å². The molecule has 1 heterocycles. The van der Waals surface area contributed by atoms with Crippen LogP contribution in [0, 0.1) is 5.82 Å². The molecule has 0 spiro atoms. The van der Waals surface area contributed by atoms with Gasteiger partial charge in [0, 0.05) is 16.6 Å². The summed E-state index contributed by atoms with van der Waals surface area (Å²) in [6.45, 7) is 1.72. The number of rotatable bonds is 2. The lowest BCUT2D eigenvalue weighted by atomic mass is 9.95. The highest BCUT2D eigenvalue weighted by Crippen LogP contribution is 2.21. The van der Waals surface area contributed by atoms with E-state index in [1.54, 1.807) is 12.1 Å². The fraction of sp³-hybridized carbons (Fsp3) is 0.188. The minimum atomic E-state index is -0.492. The molecule has 0 saturated heterocycles. The first-order valence-electron chi connectivity index (χ1n) is 6.47. The van der Waals surface area contributed by atoms with E-state index in [4.69, 9.17) is 0 Å². The topological polar surface area (TPSA) is 29.1 Å². The van der Waals surface area contributed by atoms with E-state index in [2.05, 4.69) is 21.2 Å². The Labute approximate surface area is 125 Å². The highest BCUT2D eigenvalue weighted by atomic mass is 79.9. The monoisotopic (exact) mass is 333 g/mol. The summed E-state index contributed by atoms with van der Waals surface area (Å²) >= 11 is 3.27. The number of carbonyl (C=O) groups is 1. The first kappa shape index (κ1) is 13.5. The van der Waals surface area contributed by atoms with Gasteiger partial charge in [-0.1, -0.05) is 28.1 Å². The molecule has 2 aromatic carbocycles. The third-order valence-electron chi connectivity index (χ3n) is 3.53. The highest BCUT2D eigenvalue weighted by Gasteiger charge is 2.17. The maximum atomic E-state index is 13.8. The standard InChI is InChI=1S/C16H13BrFNO/c17-13-3-4-15(18)14(8-13)16(20)11-2-1-10-5-6-19-9-12(10)7-11/h1-4,7-8,19H,5-6,9H2. The van der Waals surface area contributed by atoms with Crippen molar-refractivity contribution in [3.05, 3.63) is 68.9 Å². The van der Waals surface area contributed by atoms with Crippen molar-refractivity contribution in [1.82, 2.24) is 5.32 Å². The number of benzene rings is 2. The summed E-state index contributed by atoms with van der Waals surface area (Å²) in [7, 11) is 0. The summed E-state index contributed by atoms with van der Waals surface area (Å²) in [4.78, 5) is 12.4. The van der Waals surface area contributed by atoms with E-state index < -0.39 is 5.82 Å². The van der Waals surface area contributed by atoms with Gasteiger partial charge in [0.25, 0.3) is 0 Å². The Hall–Kier alpha value is -1.52. The van der Waals surface area contributed by atoms with Crippen molar-refractivity contribution in [2.24, 2.45) is 0 Å². The number of hydrogen-bond donors (Lipinski definition) is 1. The zero-order valence-corrected chi connectivity index (χ0v) is 12.3. The Bertz CT molecular complexity index is 684. The largest absolute Gasteiger partial charge is 0.312 e. The third-order valence-corrected chi connectivity index (χ3v) is 4.02. The fourth-order valence-electron chi connectivity index (χ4n) is 2.45. The fourth-order valence-corrected chi connectivity index (χ4v) is 2.81. The average molecular weight is 334 g/mol. The van der Waals surface area contributed by atoms with E-state index in [0.29, 0.717) is 10.0 Å². The van der Waals surface area contributed by atoms with Gasteiger partial charge in [-0.05, 0) is 48.4 Å². The lowest BCUT2D eigenvalue weighted by molar-refractivity contribution is 0.103. The van der Waals surface area contributed by atoms with Gasteiger partial charge in [-0.15, -0.1) is 0 Å². The molecule has 20 heavy (non-hydrogen) atoms. The summed E-state index contributed by atoms with van der Waals surface area (Å²) in [6, 6.07) is 10.0. The van der Waals surface area contributed by atoms with Gasteiger partial charge in [-0.3, -0.25) is 4.79 Å². The van der Waals surface area contributed by atoms with E-state index >= 15 is 0 Å². The molecule has 0 atom stereocenters. The molecule has 2 aromatic rings. The smallest absolute Gasteiger partial charge is 0.196 e. The Morgan fingerprint density at radius 1 is 1.15 bits per heavy atom. The number of halogens is 2. The van der Waals surface area contributed by atoms with Crippen LogP contribution in [0.25, 0.3) is 0 Å². The van der Waals surface area contributed by atoms with Gasteiger partial charge in [-0.2, -0.15) is 0 Å². The highest BCUT2D eigenvalue weighted by molar-refractivity contribution is 9.10. The molecule has 0 aromatic heterocycles. The summed E-state index contributed by atoms with van der Waals surface area (Å²) < 4.78 is 14.5. The van der Waals surface area contributed by atoms with Crippen LogP contribution in [0.3, 0.4) is 0 Å².